The van der Waals surface area contributed by atoms with E-state index in [0.29, 0.717) is 26.4 Å². The zero-order valence-corrected chi connectivity index (χ0v) is 15.9. The third kappa shape index (κ3) is 6.66. The molecule has 0 amide bonds. The maximum absolute atomic E-state index is 12.7. The van der Waals surface area contributed by atoms with Crippen LogP contribution in [-0.4, -0.2) is 39.5 Å². The summed E-state index contributed by atoms with van der Waals surface area (Å²) in [6.45, 7) is 16.7. The van der Waals surface area contributed by atoms with Gasteiger partial charge in [0.15, 0.2) is 0 Å². The van der Waals surface area contributed by atoms with Gasteiger partial charge in [0.2, 0.25) is 0 Å². The molecule has 0 radical (unpaired) electrons. The van der Waals surface area contributed by atoms with Crippen molar-refractivity contribution in [2.45, 2.75) is 61.3 Å². The molecule has 0 aliphatic rings. The molecule has 132 valence electrons. The van der Waals surface area contributed by atoms with E-state index in [1.807, 2.05) is 6.92 Å². The zero-order valence-electron chi connectivity index (χ0n) is 15.9. The van der Waals surface area contributed by atoms with Crippen LogP contribution in [0.4, 0.5) is 0 Å². The first-order valence-corrected chi connectivity index (χ1v) is 8.24. The molecular weight excluding hydrogens is 280 g/mol. The van der Waals surface area contributed by atoms with Crippen LogP contribution in [0.2, 0.25) is 0 Å². The first kappa shape index (κ1) is 21.4. The Bertz CT molecular complexity index is 330. The van der Waals surface area contributed by atoms with E-state index in [1.54, 1.807) is 7.11 Å². The van der Waals surface area contributed by atoms with Crippen molar-refractivity contribution >= 4 is 5.97 Å². The van der Waals surface area contributed by atoms with Crippen molar-refractivity contribution in [2.75, 3.05) is 33.5 Å². The summed E-state index contributed by atoms with van der Waals surface area (Å²) in [7, 11) is 1.63. The van der Waals surface area contributed by atoms with Gasteiger partial charge in [-0.15, -0.1) is 0 Å². The summed E-state index contributed by atoms with van der Waals surface area (Å²) in [5, 5.41) is 0. The molecule has 4 nitrogen and oxygen atoms in total. The van der Waals surface area contributed by atoms with Gasteiger partial charge in [0.05, 0.1) is 25.2 Å². The Morgan fingerprint density at radius 1 is 0.909 bits per heavy atom. The fourth-order valence-corrected chi connectivity index (χ4v) is 2.64. The minimum Gasteiger partial charge on any atom is -0.463 e. The van der Waals surface area contributed by atoms with Crippen LogP contribution in [0, 0.1) is 16.2 Å². The lowest BCUT2D eigenvalue weighted by atomic mass is 9.59. The number of ether oxygens (including phenoxy) is 3. The van der Waals surface area contributed by atoms with Gasteiger partial charge in [0, 0.05) is 7.11 Å². The summed E-state index contributed by atoms with van der Waals surface area (Å²) in [4.78, 5) is 12.7. The van der Waals surface area contributed by atoms with E-state index < -0.39 is 5.41 Å². The van der Waals surface area contributed by atoms with Crippen LogP contribution < -0.4 is 0 Å². The van der Waals surface area contributed by atoms with Crippen molar-refractivity contribution < 1.29 is 19.0 Å². The number of carbonyl (C=O) groups is 1. The molecule has 1 unspecified atom stereocenters. The SMILES string of the molecule is CCC(C)(C)C(C)(CC(C)(C)C)C(=O)OCCOCCOC. The molecule has 0 aliphatic carbocycles. The van der Waals surface area contributed by atoms with Crippen LogP contribution in [0.25, 0.3) is 0 Å². The number of hydrogen-bond donors (Lipinski definition) is 0. The Hall–Kier alpha value is -0.610. The van der Waals surface area contributed by atoms with Crippen molar-refractivity contribution in [3.63, 3.8) is 0 Å². The number of carbonyl (C=O) groups excluding carboxylic acids is 1. The lowest BCUT2D eigenvalue weighted by Gasteiger charge is -2.45. The van der Waals surface area contributed by atoms with Crippen LogP contribution >= 0.6 is 0 Å². The molecule has 0 heterocycles. The Morgan fingerprint density at radius 2 is 1.45 bits per heavy atom. The Labute approximate surface area is 136 Å². The molecule has 22 heavy (non-hydrogen) atoms. The second-order valence-electron chi connectivity index (χ2n) is 8.05. The van der Waals surface area contributed by atoms with Crippen molar-refractivity contribution in [3.8, 4) is 0 Å². The summed E-state index contributed by atoms with van der Waals surface area (Å²) in [5.74, 6) is -0.121. The molecule has 0 rings (SSSR count). The highest BCUT2D eigenvalue weighted by Gasteiger charge is 2.49. The largest absolute Gasteiger partial charge is 0.463 e. The van der Waals surface area contributed by atoms with Gasteiger partial charge in [-0.05, 0) is 30.6 Å². The molecule has 4 heteroatoms. The standard InChI is InChI=1S/C18H36O4/c1-9-17(5,6)18(7,14-16(2,3)4)15(19)22-13-12-21-11-10-20-8/h9-14H2,1-8H3. The first-order valence-electron chi connectivity index (χ1n) is 8.24. The third-order valence-corrected chi connectivity index (χ3v) is 4.60. The normalized spacial score (nSPS) is 15.5. The minimum atomic E-state index is -0.507. The smallest absolute Gasteiger partial charge is 0.312 e. The Kier molecular flexibility index (Phi) is 8.63. The van der Waals surface area contributed by atoms with Crippen molar-refractivity contribution in [2.24, 2.45) is 16.2 Å². The molecule has 1 atom stereocenters. The van der Waals surface area contributed by atoms with Crippen LogP contribution in [0.1, 0.15) is 61.3 Å². The minimum absolute atomic E-state index is 0.0647. The molecule has 0 aromatic rings. The summed E-state index contributed by atoms with van der Waals surface area (Å²) in [6.07, 6.45) is 1.73. The molecule has 0 N–H and O–H groups in total. The third-order valence-electron chi connectivity index (χ3n) is 4.60. The van der Waals surface area contributed by atoms with Gasteiger partial charge in [-0.2, -0.15) is 0 Å². The fraction of sp³-hybridized carbons (Fsp3) is 0.944. The van der Waals surface area contributed by atoms with Crippen LogP contribution in [0.15, 0.2) is 0 Å². The monoisotopic (exact) mass is 316 g/mol. The van der Waals surface area contributed by atoms with Crippen molar-refractivity contribution in [3.05, 3.63) is 0 Å². The van der Waals surface area contributed by atoms with Gasteiger partial charge in [-0.1, -0.05) is 41.5 Å². The molecule has 0 saturated heterocycles. The lowest BCUT2D eigenvalue weighted by molar-refractivity contribution is -0.167. The fourth-order valence-electron chi connectivity index (χ4n) is 2.64. The van der Waals surface area contributed by atoms with Gasteiger partial charge < -0.3 is 14.2 Å². The molecule has 0 saturated carbocycles. The van der Waals surface area contributed by atoms with E-state index in [4.69, 9.17) is 14.2 Å². The molecular formula is C18H36O4. The number of methoxy groups -OCH3 is 1. The van der Waals surface area contributed by atoms with Crippen LogP contribution in [0.3, 0.4) is 0 Å². The van der Waals surface area contributed by atoms with E-state index in [1.165, 1.54) is 0 Å². The van der Waals surface area contributed by atoms with E-state index in [2.05, 4.69) is 41.5 Å². The Balaban J connectivity index is 4.72. The number of hydrogen-bond acceptors (Lipinski definition) is 4. The maximum Gasteiger partial charge on any atom is 0.312 e. The average molecular weight is 316 g/mol. The zero-order chi connectivity index (χ0) is 17.4. The van der Waals surface area contributed by atoms with E-state index >= 15 is 0 Å². The highest BCUT2D eigenvalue weighted by atomic mass is 16.6. The maximum atomic E-state index is 12.7. The molecule has 0 aromatic carbocycles. The van der Waals surface area contributed by atoms with Gasteiger partial charge in [-0.25, -0.2) is 0 Å². The second kappa shape index (κ2) is 8.88. The van der Waals surface area contributed by atoms with E-state index in [0.717, 1.165) is 12.8 Å². The van der Waals surface area contributed by atoms with E-state index in [9.17, 15) is 4.79 Å². The summed E-state index contributed by atoms with van der Waals surface area (Å²) in [6, 6.07) is 0. The highest BCUT2D eigenvalue weighted by molar-refractivity contribution is 5.77. The topological polar surface area (TPSA) is 44.8 Å². The predicted octanol–water partition coefficient (Wildman–Crippen LogP) is 4.07. The van der Waals surface area contributed by atoms with Gasteiger partial charge in [0.1, 0.15) is 6.61 Å². The number of esters is 1. The molecule has 0 aromatic heterocycles. The van der Waals surface area contributed by atoms with Crippen molar-refractivity contribution in [1.29, 1.82) is 0 Å². The Morgan fingerprint density at radius 3 is 1.91 bits per heavy atom. The summed E-state index contributed by atoms with van der Waals surface area (Å²) < 4.78 is 15.8. The van der Waals surface area contributed by atoms with Gasteiger partial charge >= 0.3 is 5.97 Å². The average Bonchev–Trinajstić information content (AvgIpc) is 2.40. The van der Waals surface area contributed by atoms with Crippen LogP contribution in [-0.2, 0) is 19.0 Å². The van der Waals surface area contributed by atoms with Crippen molar-refractivity contribution in [1.82, 2.24) is 0 Å². The lowest BCUT2D eigenvalue weighted by Crippen LogP contribution is -2.45. The quantitative estimate of drug-likeness (QED) is 0.450. The van der Waals surface area contributed by atoms with Gasteiger partial charge in [0.25, 0.3) is 0 Å². The highest BCUT2D eigenvalue weighted by Crippen LogP contribution is 2.49. The molecule has 0 aliphatic heterocycles. The molecule has 0 spiro atoms. The van der Waals surface area contributed by atoms with Gasteiger partial charge in [-0.3, -0.25) is 4.79 Å². The van der Waals surface area contributed by atoms with E-state index in [-0.39, 0.29) is 16.8 Å². The molecule has 0 fully saturated rings. The predicted molar refractivity (Wildman–Crippen MR) is 89.9 cm³/mol. The summed E-state index contributed by atoms with van der Waals surface area (Å²) in [5.41, 5.74) is -0.560. The van der Waals surface area contributed by atoms with Crippen LogP contribution in [0.5, 0.6) is 0 Å². The number of rotatable bonds is 10. The summed E-state index contributed by atoms with van der Waals surface area (Å²) >= 11 is 0. The molecule has 0 bridgehead atoms. The second-order valence-corrected chi connectivity index (χ2v) is 8.05. The first-order chi connectivity index (χ1) is 10.00.